The van der Waals surface area contributed by atoms with Crippen molar-refractivity contribution in [3.8, 4) is 0 Å². The molecule has 2 unspecified atom stereocenters. The number of carboxylic acid groups (broad SMARTS) is 1. The number of carbonyl (C=O) groups is 2. The Hall–Kier alpha value is -3.02. The van der Waals surface area contributed by atoms with Gasteiger partial charge >= 0.3 is 12.0 Å². The first kappa shape index (κ1) is 22.7. The topological polar surface area (TPSA) is 81.7 Å². The van der Waals surface area contributed by atoms with Crippen LogP contribution in [-0.4, -0.2) is 30.2 Å². The van der Waals surface area contributed by atoms with Gasteiger partial charge < -0.3 is 20.6 Å². The Labute approximate surface area is 184 Å². The molecular formula is C25H33N3O3. The van der Waals surface area contributed by atoms with E-state index in [4.69, 9.17) is 0 Å². The van der Waals surface area contributed by atoms with Crippen LogP contribution in [0.25, 0.3) is 0 Å². The standard InChI is InChI=1S/C25H33N3O3/c1-16(2)14-28(15-17(3)4)23-11-10-18(20-13-21(20)24(29)30)12-22(23)27-25(31)26-19-8-6-5-7-9-19/h5-12,16-17,20-21H,13-15H2,1-4H3,(H,29,30)(H2,26,27,31). The van der Waals surface area contributed by atoms with Crippen LogP contribution < -0.4 is 15.5 Å². The van der Waals surface area contributed by atoms with E-state index in [1.54, 1.807) is 0 Å². The number of hydrogen-bond acceptors (Lipinski definition) is 3. The number of amides is 2. The molecule has 0 saturated heterocycles. The van der Waals surface area contributed by atoms with Crippen molar-refractivity contribution in [2.24, 2.45) is 17.8 Å². The molecule has 6 heteroatoms. The first-order valence-electron chi connectivity index (χ1n) is 11.0. The lowest BCUT2D eigenvalue weighted by Crippen LogP contribution is -2.32. The summed E-state index contributed by atoms with van der Waals surface area (Å²) < 4.78 is 0. The summed E-state index contributed by atoms with van der Waals surface area (Å²) in [7, 11) is 0. The molecule has 1 saturated carbocycles. The smallest absolute Gasteiger partial charge is 0.323 e. The van der Waals surface area contributed by atoms with Gasteiger partial charge in [-0.2, -0.15) is 0 Å². The number of nitrogens with one attached hydrogen (secondary N) is 2. The summed E-state index contributed by atoms with van der Waals surface area (Å²) in [4.78, 5) is 26.4. The van der Waals surface area contributed by atoms with Gasteiger partial charge in [0.05, 0.1) is 17.3 Å². The van der Waals surface area contributed by atoms with Gasteiger partial charge in [-0.15, -0.1) is 0 Å². The summed E-state index contributed by atoms with van der Waals surface area (Å²) in [6, 6.07) is 15.0. The second-order valence-electron chi connectivity index (χ2n) is 9.20. The Morgan fingerprint density at radius 3 is 2.19 bits per heavy atom. The molecule has 1 aliphatic rings. The molecule has 0 heterocycles. The molecule has 6 nitrogen and oxygen atoms in total. The fourth-order valence-electron chi connectivity index (χ4n) is 3.96. The SMILES string of the molecule is CC(C)CN(CC(C)C)c1ccc(C2CC2C(=O)O)cc1NC(=O)Nc1ccccc1. The number of aliphatic carboxylic acids is 1. The van der Waals surface area contributed by atoms with Gasteiger partial charge in [-0.3, -0.25) is 4.79 Å². The van der Waals surface area contributed by atoms with Gasteiger partial charge in [-0.1, -0.05) is 52.0 Å². The van der Waals surface area contributed by atoms with E-state index >= 15 is 0 Å². The van der Waals surface area contributed by atoms with Gasteiger partial charge in [0.25, 0.3) is 0 Å². The Kier molecular flexibility index (Phi) is 7.21. The van der Waals surface area contributed by atoms with Crippen molar-refractivity contribution in [2.75, 3.05) is 28.6 Å². The van der Waals surface area contributed by atoms with Crippen LogP contribution in [0.4, 0.5) is 21.9 Å². The van der Waals surface area contributed by atoms with Crippen LogP contribution in [0, 0.1) is 17.8 Å². The highest BCUT2D eigenvalue weighted by Crippen LogP contribution is 2.49. The number of urea groups is 1. The number of carbonyl (C=O) groups excluding carboxylic acids is 1. The maximum Gasteiger partial charge on any atom is 0.323 e. The minimum atomic E-state index is -0.758. The molecular weight excluding hydrogens is 390 g/mol. The minimum Gasteiger partial charge on any atom is -0.481 e. The average Bonchev–Trinajstić information content (AvgIpc) is 3.48. The Balaban J connectivity index is 1.89. The van der Waals surface area contributed by atoms with E-state index in [0.29, 0.717) is 29.6 Å². The monoisotopic (exact) mass is 423 g/mol. The Bertz CT molecular complexity index is 901. The zero-order chi connectivity index (χ0) is 22.5. The molecule has 0 aromatic heterocycles. The molecule has 0 aliphatic heterocycles. The number of rotatable bonds is 9. The van der Waals surface area contributed by atoms with Crippen LogP contribution in [0.2, 0.25) is 0 Å². The number of hydrogen-bond donors (Lipinski definition) is 3. The van der Waals surface area contributed by atoms with Crippen LogP contribution >= 0.6 is 0 Å². The molecule has 2 amide bonds. The van der Waals surface area contributed by atoms with Gasteiger partial charge in [0.2, 0.25) is 0 Å². The largest absolute Gasteiger partial charge is 0.481 e. The summed E-state index contributed by atoms with van der Waals surface area (Å²) >= 11 is 0. The number of para-hydroxylation sites is 1. The average molecular weight is 424 g/mol. The number of nitrogens with zero attached hydrogens (tertiary/aromatic N) is 1. The van der Waals surface area contributed by atoms with E-state index < -0.39 is 5.97 Å². The summed E-state index contributed by atoms with van der Waals surface area (Å²) in [6.45, 7) is 10.5. The fraction of sp³-hybridized carbons (Fsp3) is 0.440. The molecule has 166 valence electrons. The predicted octanol–water partition coefficient (Wildman–Crippen LogP) is 5.64. The van der Waals surface area contributed by atoms with Crippen molar-refractivity contribution in [2.45, 2.75) is 40.0 Å². The number of carboxylic acids is 1. The molecule has 1 aliphatic carbocycles. The second kappa shape index (κ2) is 9.86. The fourth-order valence-corrected chi connectivity index (χ4v) is 3.96. The molecule has 0 bridgehead atoms. The Morgan fingerprint density at radius 2 is 1.65 bits per heavy atom. The molecule has 31 heavy (non-hydrogen) atoms. The van der Waals surface area contributed by atoms with E-state index in [-0.39, 0.29) is 17.9 Å². The predicted molar refractivity (Wildman–Crippen MR) is 126 cm³/mol. The molecule has 1 fully saturated rings. The minimum absolute atomic E-state index is 0.00734. The van der Waals surface area contributed by atoms with Gasteiger partial charge in [-0.05, 0) is 54.0 Å². The lowest BCUT2D eigenvalue weighted by atomic mass is 10.0. The maximum absolute atomic E-state index is 12.7. The molecule has 3 N–H and O–H groups in total. The van der Waals surface area contributed by atoms with Crippen molar-refractivity contribution < 1.29 is 14.7 Å². The van der Waals surface area contributed by atoms with Crippen molar-refractivity contribution in [3.63, 3.8) is 0 Å². The summed E-state index contributed by atoms with van der Waals surface area (Å²) in [6.07, 6.45) is 0.645. The first-order chi connectivity index (χ1) is 14.7. The van der Waals surface area contributed by atoms with Crippen molar-refractivity contribution in [1.29, 1.82) is 0 Å². The highest BCUT2D eigenvalue weighted by atomic mass is 16.4. The molecule has 2 atom stereocenters. The molecule has 2 aromatic carbocycles. The number of benzene rings is 2. The van der Waals surface area contributed by atoms with Crippen LogP contribution in [-0.2, 0) is 4.79 Å². The molecule has 0 radical (unpaired) electrons. The maximum atomic E-state index is 12.7. The van der Waals surface area contributed by atoms with Crippen molar-refractivity contribution in [3.05, 3.63) is 54.1 Å². The third kappa shape index (κ3) is 6.23. The van der Waals surface area contributed by atoms with Crippen molar-refractivity contribution in [1.82, 2.24) is 0 Å². The summed E-state index contributed by atoms with van der Waals surface area (Å²) in [5.74, 6) is -0.160. The zero-order valence-electron chi connectivity index (χ0n) is 18.8. The quantitative estimate of drug-likeness (QED) is 0.488. The van der Waals surface area contributed by atoms with Gasteiger partial charge in [0.1, 0.15) is 0 Å². The lowest BCUT2D eigenvalue weighted by Gasteiger charge is -2.30. The second-order valence-corrected chi connectivity index (χ2v) is 9.20. The normalized spacial score (nSPS) is 17.5. The Morgan fingerprint density at radius 1 is 1.00 bits per heavy atom. The van der Waals surface area contributed by atoms with Gasteiger partial charge in [0.15, 0.2) is 0 Å². The highest BCUT2D eigenvalue weighted by molar-refractivity contribution is 6.02. The molecule has 0 spiro atoms. The van der Waals surface area contributed by atoms with E-state index in [9.17, 15) is 14.7 Å². The lowest BCUT2D eigenvalue weighted by molar-refractivity contribution is -0.138. The van der Waals surface area contributed by atoms with E-state index in [1.807, 2.05) is 48.5 Å². The summed E-state index contributed by atoms with van der Waals surface area (Å²) in [5.41, 5.74) is 3.34. The van der Waals surface area contributed by atoms with E-state index in [1.165, 1.54) is 0 Å². The van der Waals surface area contributed by atoms with Crippen molar-refractivity contribution >= 4 is 29.1 Å². The van der Waals surface area contributed by atoms with Gasteiger partial charge in [0, 0.05) is 18.8 Å². The van der Waals surface area contributed by atoms with Gasteiger partial charge in [-0.25, -0.2) is 4.79 Å². The first-order valence-corrected chi connectivity index (χ1v) is 11.0. The zero-order valence-corrected chi connectivity index (χ0v) is 18.8. The van der Waals surface area contributed by atoms with Crippen LogP contribution in [0.15, 0.2) is 48.5 Å². The molecule has 3 rings (SSSR count). The third-order valence-electron chi connectivity index (χ3n) is 5.35. The molecule has 2 aromatic rings. The van der Waals surface area contributed by atoms with E-state index in [2.05, 4.69) is 43.2 Å². The van der Waals surface area contributed by atoms with Crippen LogP contribution in [0.1, 0.15) is 45.6 Å². The van der Waals surface area contributed by atoms with Crippen LogP contribution in [0.3, 0.4) is 0 Å². The third-order valence-corrected chi connectivity index (χ3v) is 5.35. The summed E-state index contributed by atoms with van der Waals surface area (Å²) in [5, 5.41) is 15.2. The number of anilines is 3. The van der Waals surface area contributed by atoms with Crippen LogP contribution in [0.5, 0.6) is 0 Å². The van der Waals surface area contributed by atoms with E-state index in [0.717, 1.165) is 24.3 Å². The highest BCUT2D eigenvalue weighted by Gasteiger charge is 2.44.